The van der Waals surface area contributed by atoms with E-state index >= 15 is 0 Å². The highest BCUT2D eigenvalue weighted by molar-refractivity contribution is 6.31. The van der Waals surface area contributed by atoms with Crippen LogP contribution in [0.25, 0.3) is 0 Å². The predicted octanol–water partition coefficient (Wildman–Crippen LogP) is 5.80. The van der Waals surface area contributed by atoms with Crippen molar-refractivity contribution in [3.63, 3.8) is 0 Å². The van der Waals surface area contributed by atoms with Crippen LogP contribution in [0.3, 0.4) is 0 Å². The van der Waals surface area contributed by atoms with Gasteiger partial charge in [-0.15, -0.1) is 0 Å². The molecule has 4 nitrogen and oxygen atoms in total. The van der Waals surface area contributed by atoms with E-state index in [1.54, 1.807) is 30.3 Å². The van der Waals surface area contributed by atoms with Crippen LogP contribution in [-0.4, -0.2) is 23.8 Å². The summed E-state index contributed by atoms with van der Waals surface area (Å²) in [5, 5.41) is 3.32. The van der Waals surface area contributed by atoms with E-state index in [2.05, 4.69) is 5.32 Å². The molecule has 3 rings (SSSR count). The minimum atomic E-state index is -1.05. The van der Waals surface area contributed by atoms with E-state index in [-0.39, 0.29) is 5.56 Å². The Morgan fingerprint density at radius 2 is 1.71 bits per heavy atom. The summed E-state index contributed by atoms with van der Waals surface area (Å²) in [6.45, 7) is 3.91. The third-order valence-electron chi connectivity index (χ3n) is 5.25. The van der Waals surface area contributed by atoms with Gasteiger partial charge in [0.15, 0.2) is 0 Å². The minimum Gasteiger partial charge on any atom is -0.325 e. The Kier molecular flexibility index (Phi) is 7.08. The van der Waals surface area contributed by atoms with Crippen molar-refractivity contribution in [2.75, 3.05) is 12.4 Å². The number of hydrogen-bond acceptors (Lipinski definition) is 2. The monoisotopic (exact) mass is 438 g/mol. The molecule has 160 valence electrons. The van der Waals surface area contributed by atoms with Gasteiger partial charge in [0.2, 0.25) is 0 Å². The zero-order valence-electron chi connectivity index (χ0n) is 17.7. The molecule has 31 heavy (non-hydrogen) atoms. The highest BCUT2D eigenvalue weighted by Gasteiger charge is 2.32. The van der Waals surface area contributed by atoms with Crippen LogP contribution in [0.5, 0.6) is 0 Å². The first kappa shape index (κ1) is 22.5. The van der Waals surface area contributed by atoms with Gasteiger partial charge < -0.3 is 10.2 Å². The van der Waals surface area contributed by atoms with Crippen LogP contribution in [0.4, 0.5) is 10.1 Å². The molecule has 3 aromatic rings. The number of nitrogens with one attached hydrogen (secondary N) is 1. The van der Waals surface area contributed by atoms with Crippen LogP contribution in [0.15, 0.2) is 66.7 Å². The van der Waals surface area contributed by atoms with Gasteiger partial charge in [-0.1, -0.05) is 67.1 Å². The van der Waals surface area contributed by atoms with Gasteiger partial charge in [-0.2, -0.15) is 0 Å². The molecular weight excluding hydrogens is 415 g/mol. The number of carbonyl (C=O) groups is 2. The number of nitrogens with zero attached hydrogens (tertiary/aromatic N) is 1. The molecule has 0 bridgehead atoms. The molecule has 1 unspecified atom stereocenters. The molecule has 1 N–H and O–H groups in total. The molecule has 0 spiro atoms. The molecule has 0 aliphatic carbocycles. The predicted molar refractivity (Wildman–Crippen MR) is 122 cm³/mol. The lowest BCUT2D eigenvalue weighted by Gasteiger charge is -2.29. The molecule has 0 aliphatic rings. The normalized spacial score (nSPS) is 11.6. The number of halogens is 2. The summed E-state index contributed by atoms with van der Waals surface area (Å²) in [5.74, 6) is -1.69. The Labute approximate surface area is 186 Å². The Morgan fingerprint density at radius 1 is 1.03 bits per heavy atom. The molecule has 0 fully saturated rings. The first-order valence-electron chi connectivity index (χ1n) is 10.0. The summed E-state index contributed by atoms with van der Waals surface area (Å²) >= 11 is 6.39. The van der Waals surface area contributed by atoms with Gasteiger partial charge in [0, 0.05) is 23.3 Å². The van der Waals surface area contributed by atoms with Gasteiger partial charge in [-0.25, -0.2) is 4.39 Å². The van der Waals surface area contributed by atoms with E-state index in [4.69, 9.17) is 11.6 Å². The van der Waals surface area contributed by atoms with E-state index < -0.39 is 23.7 Å². The zero-order chi connectivity index (χ0) is 22.5. The van der Waals surface area contributed by atoms with Crippen molar-refractivity contribution in [1.29, 1.82) is 0 Å². The minimum absolute atomic E-state index is 0.111. The average molecular weight is 439 g/mol. The number of aryl methyl sites for hydroxylation is 2. The number of rotatable bonds is 6. The highest BCUT2D eigenvalue weighted by atomic mass is 35.5. The summed E-state index contributed by atoms with van der Waals surface area (Å²) in [6.07, 6.45) is 0.734. The van der Waals surface area contributed by atoms with Gasteiger partial charge in [0.25, 0.3) is 11.8 Å². The highest BCUT2D eigenvalue weighted by Crippen LogP contribution is 2.31. The van der Waals surface area contributed by atoms with E-state index in [1.165, 1.54) is 30.1 Å². The van der Waals surface area contributed by atoms with Crippen molar-refractivity contribution >= 4 is 29.1 Å². The summed E-state index contributed by atoms with van der Waals surface area (Å²) in [4.78, 5) is 27.8. The SMILES string of the molecule is CCc1cccc(C)c1NC(=O)C(c1ccccc1Cl)N(C)C(=O)c1ccccc1F. The van der Waals surface area contributed by atoms with Crippen LogP contribution < -0.4 is 5.32 Å². The first-order chi connectivity index (χ1) is 14.8. The van der Waals surface area contributed by atoms with Gasteiger partial charge in [0.1, 0.15) is 11.9 Å². The second kappa shape index (κ2) is 9.75. The summed E-state index contributed by atoms with van der Waals surface area (Å²) < 4.78 is 14.3. The molecule has 3 aromatic carbocycles. The Morgan fingerprint density at radius 3 is 2.39 bits per heavy atom. The molecule has 0 radical (unpaired) electrons. The Bertz CT molecular complexity index is 1120. The lowest BCUT2D eigenvalue weighted by atomic mass is 10.0. The number of likely N-dealkylation sites (N-methyl/N-ethyl adjacent to an activating group) is 1. The smallest absolute Gasteiger partial charge is 0.257 e. The van der Waals surface area contributed by atoms with Crippen LogP contribution in [0, 0.1) is 12.7 Å². The molecule has 2 amide bonds. The quantitative estimate of drug-likeness (QED) is 0.528. The molecule has 1 atom stereocenters. The molecule has 0 heterocycles. The molecule has 0 saturated carbocycles. The first-order valence-corrected chi connectivity index (χ1v) is 10.4. The third kappa shape index (κ3) is 4.78. The van der Waals surface area contributed by atoms with Crippen molar-refractivity contribution in [3.8, 4) is 0 Å². The van der Waals surface area contributed by atoms with Crippen LogP contribution in [0.1, 0.15) is 40.0 Å². The largest absolute Gasteiger partial charge is 0.325 e. The lowest BCUT2D eigenvalue weighted by molar-refractivity contribution is -0.120. The fourth-order valence-corrected chi connectivity index (χ4v) is 3.80. The van der Waals surface area contributed by atoms with E-state index in [9.17, 15) is 14.0 Å². The number of amides is 2. The van der Waals surface area contributed by atoms with Crippen LogP contribution >= 0.6 is 11.6 Å². The van der Waals surface area contributed by atoms with Crippen molar-refractivity contribution in [3.05, 3.63) is 99.8 Å². The molecule has 0 saturated heterocycles. The van der Waals surface area contributed by atoms with Crippen molar-refractivity contribution in [2.45, 2.75) is 26.3 Å². The fourth-order valence-electron chi connectivity index (χ4n) is 3.56. The molecular formula is C25H24ClFN2O2. The molecule has 6 heteroatoms. The number of hydrogen-bond donors (Lipinski definition) is 1. The third-order valence-corrected chi connectivity index (χ3v) is 5.59. The zero-order valence-corrected chi connectivity index (χ0v) is 18.4. The van der Waals surface area contributed by atoms with E-state index in [1.807, 2.05) is 32.0 Å². The fraction of sp³-hybridized carbons (Fsp3) is 0.200. The van der Waals surface area contributed by atoms with Gasteiger partial charge >= 0.3 is 0 Å². The number of benzene rings is 3. The Balaban J connectivity index is 2.04. The maximum atomic E-state index is 14.3. The topological polar surface area (TPSA) is 49.4 Å². The van der Waals surface area contributed by atoms with Gasteiger partial charge in [-0.05, 0) is 42.7 Å². The number of anilines is 1. The van der Waals surface area contributed by atoms with Gasteiger partial charge in [-0.3, -0.25) is 9.59 Å². The lowest BCUT2D eigenvalue weighted by Crippen LogP contribution is -2.39. The van der Waals surface area contributed by atoms with E-state index in [0.29, 0.717) is 16.3 Å². The standard InChI is InChI=1S/C25H24ClFN2O2/c1-4-17-11-9-10-16(2)22(17)28-24(30)23(18-12-5-7-14-20(18)26)29(3)25(31)19-13-6-8-15-21(19)27/h5-15,23H,4H2,1-3H3,(H,28,30). The van der Waals surface area contributed by atoms with E-state index in [0.717, 1.165) is 17.5 Å². The maximum absolute atomic E-state index is 14.3. The van der Waals surface area contributed by atoms with Crippen molar-refractivity contribution < 1.29 is 14.0 Å². The van der Waals surface area contributed by atoms with Crippen LogP contribution in [-0.2, 0) is 11.2 Å². The number of carbonyl (C=O) groups excluding carboxylic acids is 2. The average Bonchev–Trinajstić information content (AvgIpc) is 2.76. The molecule has 0 aromatic heterocycles. The van der Waals surface area contributed by atoms with Gasteiger partial charge in [0.05, 0.1) is 5.56 Å². The summed E-state index contributed by atoms with van der Waals surface area (Å²) in [7, 11) is 1.47. The second-order valence-corrected chi connectivity index (χ2v) is 7.68. The Hall–Kier alpha value is -3.18. The maximum Gasteiger partial charge on any atom is 0.257 e. The van der Waals surface area contributed by atoms with Crippen molar-refractivity contribution in [1.82, 2.24) is 4.90 Å². The summed E-state index contributed by atoms with van der Waals surface area (Å²) in [5.41, 5.74) is 2.95. The number of para-hydroxylation sites is 1. The van der Waals surface area contributed by atoms with Crippen LogP contribution in [0.2, 0.25) is 5.02 Å². The second-order valence-electron chi connectivity index (χ2n) is 7.27. The molecule has 0 aliphatic heterocycles. The summed E-state index contributed by atoms with van der Waals surface area (Å²) in [6, 6.07) is 17.3. The van der Waals surface area contributed by atoms with Crippen molar-refractivity contribution in [2.24, 2.45) is 0 Å².